The second-order valence-corrected chi connectivity index (χ2v) is 7.33. The van der Waals surface area contributed by atoms with E-state index in [1.165, 1.54) is 45.1 Å². The van der Waals surface area contributed by atoms with Crippen molar-refractivity contribution in [3.63, 3.8) is 0 Å². The molecule has 0 aromatic heterocycles. The van der Waals surface area contributed by atoms with Crippen molar-refractivity contribution in [2.45, 2.75) is 51.5 Å². The van der Waals surface area contributed by atoms with Gasteiger partial charge in [-0.1, -0.05) is 19.8 Å². The molecule has 19 heavy (non-hydrogen) atoms. The number of likely N-dealkylation sites (tertiary alicyclic amines) is 1. The lowest BCUT2D eigenvalue weighted by Crippen LogP contribution is -2.45. The summed E-state index contributed by atoms with van der Waals surface area (Å²) in [7, 11) is 4.48. The van der Waals surface area contributed by atoms with Crippen molar-refractivity contribution in [3.8, 4) is 0 Å². The summed E-state index contributed by atoms with van der Waals surface area (Å²) in [6, 6.07) is 0.724. The minimum absolute atomic E-state index is 0.170. The molecule has 2 rings (SSSR count). The second kappa shape index (κ2) is 6.55. The van der Waals surface area contributed by atoms with E-state index in [0.717, 1.165) is 25.0 Å². The molecule has 1 saturated heterocycles. The topological polar surface area (TPSA) is 26.7 Å². The second-order valence-electron chi connectivity index (χ2n) is 7.33. The lowest BCUT2D eigenvalue weighted by molar-refractivity contribution is 0.0262. The molecule has 1 heterocycles. The summed E-state index contributed by atoms with van der Waals surface area (Å²) in [6.45, 7) is 6.18. The molecule has 0 aromatic carbocycles. The first-order chi connectivity index (χ1) is 9.04. The van der Waals surface area contributed by atoms with Gasteiger partial charge in [0.25, 0.3) is 0 Å². The van der Waals surface area contributed by atoms with E-state index in [9.17, 15) is 5.11 Å². The van der Waals surface area contributed by atoms with E-state index < -0.39 is 0 Å². The molecule has 2 fully saturated rings. The van der Waals surface area contributed by atoms with Gasteiger partial charge in [-0.25, -0.2) is 0 Å². The van der Waals surface area contributed by atoms with Crippen molar-refractivity contribution < 1.29 is 5.11 Å². The van der Waals surface area contributed by atoms with Gasteiger partial charge in [-0.05, 0) is 52.2 Å². The summed E-state index contributed by atoms with van der Waals surface area (Å²) in [5.41, 5.74) is 0.170. The molecule has 112 valence electrons. The summed E-state index contributed by atoms with van der Waals surface area (Å²) in [4.78, 5) is 4.96. The normalized spacial score (nSPS) is 37.1. The van der Waals surface area contributed by atoms with Crippen molar-refractivity contribution in [3.05, 3.63) is 0 Å². The molecule has 2 aliphatic rings. The van der Waals surface area contributed by atoms with Crippen LogP contribution in [0.25, 0.3) is 0 Å². The van der Waals surface area contributed by atoms with Gasteiger partial charge in [0.2, 0.25) is 0 Å². The third-order valence-corrected chi connectivity index (χ3v) is 5.32. The molecule has 3 unspecified atom stereocenters. The molecule has 3 heteroatoms. The van der Waals surface area contributed by atoms with Gasteiger partial charge in [0.05, 0.1) is 0 Å². The molecule has 0 aromatic rings. The van der Waals surface area contributed by atoms with Crippen LogP contribution >= 0.6 is 0 Å². The van der Waals surface area contributed by atoms with Crippen molar-refractivity contribution in [1.82, 2.24) is 9.80 Å². The van der Waals surface area contributed by atoms with Crippen LogP contribution in [-0.2, 0) is 0 Å². The van der Waals surface area contributed by atoms with Crippen molar-refractivity contribution in [2.75, 3.05) is 40.3 Å². The Balaban J connectivity index is 1.86. The van der Waals surface area contributed by atoms with Crippen molar-refractivity contribution in [1.29, 1.82) is 0 Å². The summed E-state index contributed by atoms with van der Waals surface area (Å²) >= 11 is 0. The van der Waals surface area contributed by atoms with Gasteiger partial charge >= 0.3 is 0 Å². The van der Waals surface area contributed by atoms with Gasteiger partial charge in [0.1, 0.15) is 0 Å². The van der Waals surface area contributed by atoms with E-state index in [0.29, 0.717) is 6.61 Å². The molecule has 1 aliphatic heterocycles. The Bertz CT molecular complexity index is 284. The fourth-order valence-electron chi connectivity index (χ4n) is 4.31. The smallest absolute Gasteiger partial charge is 0.0499 e. The minimum atomic E-state index is 0.170. The number of hydrogen-bond acceptors (Lipinski definition) is 3. The van der Waals surface area contributed by atoms with Crippen LogP contribution in [-0.4, -0.2) is 61.3 Å². The highest BCUT2D eigenvalue weighted by Gasteiger charge is 2.36. The van der Waals surface area contributed by atoms with Gasteiger partial charge in [0, 0.05) is 31.2 Å². The molecule has 1 aliphatic carbocycles. The maximum absolute atomic E-state index is 9.88. The molecule has 3 atom stereocenters. The molecule has 0 amide bonds. The van der Waals surface area contributed by atoms with Crippen LogP contribution in [0.1, 0.15) is 45.4 Å². The van der Waals surface area contributed by atoms with Gasteiger partial charge in [-0.15, -0.1) is 0 Å². The first kappa shape index (κ1) is 15.3. The maximum atomic E-state index is 9.88. The van der Waals surface area contributed by atoms with Crippen LogP contribution in [0, 0.1) is 11.3 Å². The molecule has 0 spiro atoms. The Kier molecular flexibility index (Phi) is 5.27. The molecular formula is C16H32N2O. The number of aliphatic hydroxyl groups excluding tert-OH is 1. The quantitative estimate of drug-likeness (QED) is 0.828. The maximum Gasteiger partial charge on any atom is 0.0499 e. The van der Waals surface area contributed by atoms with Gasteiger partial charge in [-0.2, -0.15) is 0 Å². The molecule has 3 nitrogen and oxygen atoms in total. The predicted octanol–water partition coefficient (Wildman–Crippen LogP) is 2.20. The first-order valence-electron chi connectivity index (χ1n) is 8.04. The summed E-state index contributed by atoms with van der Waals surface area (Å²) in [6.07, 6.45) is 7.73. The van der Waals surface area contributed by atoms with Crippen molar-refractivity contribution in [2.24, 2.45) is 11.3 Å². The lowest BCUT2D eigenvalue weighted by atomic mass is 9.70. The van der Waals surface area contributed by atoms with Gasteiger partial charge < -0.3 is 14.9 Å². The van der Waals surface area contributed by atoms with Gasteiger partial charge in [-0.3, -0.25) is 0 Å². The monoisotopic (exact) mass is 268 g/mol. The SMILES string of the molecule is CC1CCCC(CO)(CN(C)CC2CCCN2C)C1. The first-order valence-corrected chi connectivity index (χ1v) is 8.04. The average Bonchev–Trinajstić information content (AvgIpc) is 2.75. The predicted molar refractivity (Wildman–Crippen MR) is 80.3 cm³/mol. The Morgan fingerprint density at radius 2 is 2.11 bits per heavy atom. The van der Waals surface area contributed by atoms with E-state index in [2.05, 4.69) is 30.8 Å². The third-order valence-electron chi connectivity index (χ3n) is 5.32. The molecule has 0 bridgehead atoms. The zero-order valence-electron chi connectivity index (χ0n) is 13.1. The number of aliphatic hydroxyl groups is 1. The van der Waals surface area contributed by atoms with Crippen molar-refractivity contribution >= 4 is 0 Å². The van der Waals surface area contributed by atoms with Crippen LogP contribution < -0.4 is 0 Å². The lowest BCUT2D eigenvalue weighted by Gasteiger charge is -2.42. The fourth-order valence-corrected chi connectivity index (χ4v) is 4.31. The summed E-state index contributed by atoms with van der Waals surface area (Å²) in [5.74, 6) is 0.781. The summed E-state index contributed by atoms with van der Waals surface area (Å²) in [5, 5.41) is 9.88. The molecular weight excluding hydrogens is 236 g/mol. The highest BCUT2D eigenvalue weighted by Crippen LogP contribution is 2.39. The van der Waals surface area contributed by atoms with E-state index in [-0.39, 0.29) is 5.41 Å². The van der Waals surface area contributed by atoms with Crippen LogP contribution in [0.3, 0.4) is 0 Å². The van der Waals surface area contributed by atoms with Crippen LogP contribution in [0.15, 0.2) is 0 Å². The third kappa shape index (κ3) is 3.93. The number of hydrogen-bond donors (Lipinski definition) is 1. The number of rotatable bonds is 5. The zero-order chi connectivity index (χ0) is 13.9. The van der Waals surface area contributed by atoms with E-state index in [1.54, 1.807) is 0 Å². The van der Waals surface area contributed by atoms with E-state index in [4.69, 9.17) is 0 Å². The Hall–Kier alpha value is -0.120. The standard InChI is InChI=1S/C16H32N2O/c1-14-6-4-8-16(10-14,13-19)12-17(2)11-15-7-5-9-18(15)3/h14-15,19H,4-13H2,1-3H3. The largest absolute Gasteiger partial charge is 0.396 e. The molecule has 1 saturated carbocycles. The number of nitrogens with zero attached hydrogens (tertiary/aromatic N) is 2. The van der Waals surface area contributed by atoms with Gasteiger partial charge in [0.15, 0.2) is 0 Å². The zero-order valence-corrected chi connectivity index (χ0v) is 13.1. The van der Waals surface area contributed by atoms with Crippen LogP contribution in [0.4, 0.5) is 0 Å². The Morgan fingerprint density at radius 3 is 2.68 bits per heavy atom. The van der Waals surface area contributed by atoms with E-state index in [1.807, 2.05) is 0 Å². The van der Waals surface area contributed by atoms with Crippen LogP contribution in [0.5, 0.6) is 0 Å². The van der Waals surface area contributed by atoms with E-state index >= 15 is 0 Å². The Morgan fingerprint density at radius 1 is 1.32 bits per heavy atom. The minimum Gasteiger partial charge on any atom is -0.396 e. The van der Waals surface area contributed by atoms with Crippen LogP contribution in [0.2, 0.25) is 0 Å². The highest BCUT2D eigenvalue weighted by molar-refractivity contribution is 4.88. The fraction of sp³-hybridized carbons (Fsp3) is 1.00. The molecule has 0 radical (unpaired) electrons. The average molecular weight is 268 g/mol. The number of likely N-dealkylation sites (N-methyl/N-ethyl adjacent to an activating group) is 2. The highest BCUT2D eigenvalue weighted by atomic mass is 16.3. The molecule has 1 N–H and O–H groups in total. The Labute approximate surface area is 119 Å². The summed E-state index contributed by atoms with van der Waals surface area (Å²) < 4.78 is 0.